The van der Waals surface area contributed by atoms with E-state index in [1.54, 1.807) is 43.3 Å². The number of anilines is 2. The lowest BCUT2D eigenvalue weighted by Crippen LogP contribution is -2.74. The lowest BCUT2D eigenvalue weighted by atomic mass is 9.52. The van der Waals surface area contributed by atoms with Crippen molar-refractivity contribution < 1.29 is 43.7 Å². The topological polar surface area (TPSA) is 197 Å². The molecule has 0 spiro atoms. The van der Waals surface area contributed by atoms with Gasteiger partial charge in [-0.25, -0.2) is 4.79 Å². The van der Waals surface area contributed by atoms with Gasteiger partial charge in [0.1, 0.15) is 11.5 Å². The van der Waals surface area contributed by atoms with Crippen molar-refractivity contribution in [3.8, 4) is 11.5 Å². The zero-order valence-corrected chi connectivity index (χ0v) is 24.9. The van der Waals surface area contributed by atoms with Gasteiger partial charge in [-0.05, 0) is 63.5 Å². The summed E-state index contributed by atoms with van der Waals surface area (Å²) in [6, 6.07) is 6.96. The normalized spacial score (nSPS) is 27.8. The maximum absolute atomic E-state index is 14.1. The van der Waals surface area contributed by atoms with Crippen molar-refractivity contribution in [1.82, 2.24) is 4.90 Å². The van der Waals surface area contributed by atoms with Gasteiger partial charge in [0.05, 0.1) is 23.2 Å². The Balaban J connectivity index is 1.57. The first-order valence-electron chi connectivity index (χ1n) is 14.1. The molecule has 2 aromatic carbocycles. The number of hydrogen-bond donors (Lipinski definition) is 4. The zero-order valence-electron chi connectivity index (χ0n) is 24.9. The maximum Gasteiger partial charge on any atom is 0.417 e. The van der Waals surface area contributed by atoms with Crippen LogP contribution in [0.2, 0.25) is 0 Å². The molecule has 3 aliphatic carbocycles. The molecule has 0 heterocycles. The molecule has 5 N–H and O–H groups in total. The fourth-order valence-corrected chi connectivity index (χ4v) is 7.00. The minimum atomic E-state index is -2.83. The Morgan fingerprint density at radius 3 is 2.25 bits per heavy atom. The monoisotopic (exact) mass is 606 g/mol. The lowest BCUT2D eigenvalue weighted by Gasteiger charge is -2.52. The fraction of sp³-hybridized carbons (Fsp3) is 0.419. The summed E-state index contributed by atoms with van der Waals surface area (Å²) in [7, 11) is 6.45. The molecule has 0 bridgehead atoms. The second kappa shape index (κ2) is 10.8. The maximum atomic E-state index is 14.1. The summed E-state index contributed by atoms with van der Waals surface area (Å²) in [4.78, 5) is 82.9. The third-order valence-corrected chi connectivity index (χ3v) is 8.99. The highest BCUT2D eigenvalue weighted by Crippen LogP contribution is 2.52. The smallest absolute Gasteiger partial charge is 0.417 e. The summed E-state index contributed by atoms with van der Waals surface area (Å²) in [5.74, 6) is -11.4. The summed E-state index contributed by atoms with van der Waals surface area (Å²) in [6.07, 6.45) is -0.924. The first-order valence-corrected chi connectivity index (χ1v) is 14.1. The SMILES string of the molecule is Cc1ccc(OC(=O)Nc2cc(N(C)C)c3c(c2O)C(=O)C2C(=O)C4(O)C(=O)C(C(N)=O)C(=O)C(N(C)C)C4CC2C3)cc1. The average Bonchev–Trinajstić information content (AvgIpc) is 2.93. The zero-order chi connectivity index (χ0) is 32.4. The molecule has 6 unspecified atom stereocenters. The number of nitrogens with one attached hydrogen (secondary N) is 1. The molecular formula is C31H34N4O9. The highest BCUT2D eigenvalue weighted by Gasteiger charge is 2.69. The number of phenolic OH excluding ortho intramolecular Hbond substituents is 1. The number of nitrogens with two attached hydrogens (primary N) is 1. The fourth-order valence-electron chi connectivity index (χ4n) is 7.00. The average molecular weight is 607 g/mol. The van der Waals surface area contributed by atoms with Crippen LogP contribution in [0.5, 0.6) is 11.5 Å². The molecule has 232 valence electrons. The first kappa shape index (κ1) is 30.8. The molecule has 0 aliphatic heterocycles. The second-order valence-electron chi connectivity index (χ2n) is 12.2. The molecule has 2 fully saturated rings. The Bertz CT molecular complexity index is 1620. The molecule has 44 heavy (non-hydrogen) atoms. The molecule has 0 aromatic heterocycles. The summed E-state index contributed by atoms with van der Waals surface area (Å²) in [5, 5.41) is 25.5. The van der Waals surface area contributed by atoms with Gasteiger partial charge in [-0.2, -0.15) is 0 Å². The number of benzene rings is 2. The number of aliphatic hydroxyl groups is 1. The van der Waals surface area contributed by atoms with Gasteiger partial charge in [-0.3, -0.25) is 34.2 Å². The molecular weight excluding hydrogens is 572 g/mol. The van der Waals surface area contributed by atoms with E-state index < -0.39 is 76.2 Å². The predicted molar refractivity (Wildman–Crippen MR) is 157 cm³/mol. The number of carbonyl (C=O) groups is 6. The van der Waals surface area contributed by atoms with Gasteiger partial charge in [-0.1, -0.05) is 17.7 Å². The molecule has 13 nitrogen and oxygen atoms in total. The van der Waals surface area contributed by atoms with E-state index in [1.165, 1.54) is 25.1 Å². The third kappa shape index (κ3) is 4.63. The van der Waals surface area contributed by atoms with Crippen molar-refractivity contribution >= 4 is 46.5 Å². The number of Topliss-reactive ketones (excluding diaryl/α,β-unsaturated/α-hetero) is 4. The van der Waals surface area contributed by atoms with Crippen LogP contribution in [0.1, 0.15) is 27.9 Å². The Labute approximate surface area is 252 Å². The molecule has 0 saturated heterocycles. The molecule has 0 radical (unpaired) electrons. The lowest BCUT2D eigenvalue weighted by molar-refractivity contribution is -0.181. The van der Waals surface area contributed by atoms with Crippen molar-refractivity contribution in [3.63, 3.8) is 0 Å². The van der Waals surface area contributed by atoms with Crippen molar-refractivity contribution in [3.05, 3.63) is 47.0 Å². The molecule has 5 rings (SSSR count). The number of hydrogen-bond acceptors (Lipinski definition) is 11. The van der Waals surface area contributed by atoms with Crippen LogP contribution in [0.25, 0.3) is 0 Å². The number of amides is 2. The highest BCUT2D eigenvalue weighted by molar-refractivity contribution is 6.32. The van der Waals surface area contributed by atoms with E-state index in [2.05, 4.69) is 5.32 Å². The standard InChI is InChI=1S/C31H34N4O9/c1-13-6-8-15(9-7-13)44-30(42)33-18-12-19(34(2)3)16-10-14-11-17-23(35(4)5)26(38)22(29(32)41)28(40)31(17,43)27(39)20(14)25(37)21(16)24(18)36/h6-9,12,14,17,20,22-23,36,43H,10-11H2,1-5H3,(H2,32,41)(H,33,42). The van der Waals surface area contributed by atoms with Crippen molar-refractivity contribution in [2.24, 2.45) is 29.4 Å². The number of rotatable bonds is 5. The summed E-state index contributed by atoms with van der Waals surface area (Å²) < 4.78 is 5.30. The van der Waals surface area contributed by atoms with Gasteiger partial charge >= 0.3 is 6.09 Å². The van der Waals surface area contributed by atoms with Crippen LogP contribution < -0.4 is 20.7 Å². The Morgan fingerprint density at radius 1 is 1.05 bits per heavy atom. The Morgan fingerprint density at radius 2 is 1.68 bits per heavy atom. The number of nitrogens with zero attached hydrogens (tertiary/aromatic N) is 2. The van der Waals surface area contributed by atoms with Crippen LogP contribution in [0, 0.1) is 30.6 Å². The number of phenols is 1. The van der Waals surface area contributed by atoms with E-state index in [-0.39, 0.29) is 29.8 Å². The molecule has 6 atom stereocenters. The van der Waals surface area contributed by atoms with E-state index >= 15 is 0 Å². The van der Waals surface area contributed by atoms with Gasteiger partial charge in [0.15, 0.2) is 34.7 Å². The molecule has 3 aliphatic rings. The number of primary amides is 1. The number of aromatic hydroxyl groups is 1. The van der Waals surface area contributed by atoms with Crippen LogP contribution >= 0.6 is 0 Å². The van der Waals surface area contributed by atoms with Crippen LogP contribution in [-0.4, -0.2) is 90.1 Å². The number of ether oxygens (including phenoxy) is 1. The van der Waals surface area contributed by atoms with Gasteiger partial charge in [-0.15, -0.1) is 0 Å². The number of fused-ring (bicyclic) bond motifs is 3. The molecule has 13 heteroatoms. The second-order valence-corrected chi connectivity index (χ2v) is 12.2. The quantitative estimate of drug-likeness (QED) is 0.278. The number of ketones is 4. The van der Waals surface area contributed by atoms with Crippen molar-refractivity contribution in [2.45, 2.75) is 31.4 Å². The van der Waals surface area contributed by atoms with E-state index in [0.717, 1.165) is 5.56 Å². The van der Waals surface area contributed by atoms with Gasteiger partial charge in [0, 0.05) is 25.7 Å². The van der Waals surface area contributed by atoms with Crippen LogP contribution in [0.4, 0.5) is 16.2 Å². The van der Waals surface area contributed by atoms with Crippen LogP contribution in [0.15, 0.2) is 30.3 Å². The van der Waals surface area contributed by atoms with E-state index in [0.29, 0.717) is 11.3 Å². The van der Waals surface area contributed by atoms with Crippen LogP contribution in [-0.2, 0) is 25.6 Å². The van der Waals surface area contributed by atoms with E-state index in [4.69, 9.17) is 10.5 Å². The van der Waals surface area contributed by atoms with E-state index in [1.807, 2.05) is 6.92 Å². The summed E-state index contributed by atoms with van der Waals surface area (Å²) in [5.41, 5.74) is 3.96. The third-order valence-electron chi connectivity index (χ3n) is 8.99. The van der Waals surface area contributed by atoms with E-state index in [9.17, 15) is 39.0 Å². The Hall–Kier alpha value is -4.62. The van der Waals surface area contributed by atoms with Gasteiger partial charge in [0.25, 0.3) is 0 Å². The first-order chi connectivity index (χ1) is 20.6. The van der Waals surface area contributed by atoms with Crippen molar-refractivity contribution in [1.29, 1.82) is 0 Å². The van der Waals surface area contributed by atoms with Crippen LogP contribution in [0.3, 0.4) is 0 Å². The van der Waals surface area contributed by atoms with Gasteiger partial charge < -0.3 is 25.6 Å². The minimum absolute atomic E-state index is 0.0690. The molecule has 2 saturated carbocycles. The number of aryl methyl sites for hydroxylation is 1. The summed E-state index contributed by atoms with van der Waals surface area (Å²) >= 11 is 0. The number of carbonyl (C=O) groups excluding carboxylic acids is 6. The predicted octanol–water partition coefficient (Wildman–Crippen LogP) is 0.852. The summed E-state index contributed by atoms with van der Waals surface area (Å²) in [6.45, 7) is 1.87. The highest BCUT2D eigenvalue weighted by atomic mass is 16.6. The minimum Gasteiger partial charge on any atom is -0.505 e. The number of likely N-dealkylation sites (N-methyl/N-ethyl adjacent to an activating group) is 1. The van der Waals surface area contributed by atoms with Crippen molar-refractivity contribution in [2.75, 3.05) is 38.4 Å². The Kier molecular flexibility index (Phi) is 7.58. The molecule has 2 aromatic rings. The van der Waals surface area contributed by atoms with Gasteiger partial charge in [0.2, 0.25) is 5.91 Å². The molecule has 2 amide bonds. The largest absolute Gasteiger partial charge is 0.505 e.